The molecule has 0 aliphatic carbocycles. The predicted molar refractivity (Wildman–Crippen MR) is 51.1 cm³/mol. The lowest BCUT2D eigenvalue weighted by molar-refractivity contribution is -0.114. The Hall–Kier alpha value is -0.410. The molecule has 0 heterocycles. The molecule has 0 bridgehead atoms. The summed E-state index contributed by atoms with van der Waals surface area (Å²) in [6, 6.07) is 0. The Kier molecular flexibility index (Phi) is 19.4. The molecule has 3 nitrogen and oxygen atoms in total. The molecule has 0 aliphatic heterocycles. The van der Waals surface area contributed by atoms with Crippen LogP contribution in [0.2, 0.25) is 0 Å². The van der Waals surface area contributed by atoms with E-state index in [4.69, 9.17) is 10.2 Å². The molecule has 0 radical (unpaired) electrons. The molecule has 76 valence electrons. The Balaban J connectivity index is -0.000000101. The van der Waals surface area contributed by atoms with Gasteiger partial charge in [-0.25, -0.2) is 0 Å². The van der Waals surface area contributed by atoms with Crippen molar-refractivity contribution in [3.8, 4) is 0 Å². The fraction of sp³-hybridized carbons (Fsp3) is 0.889. The van der Waals surface area contributed by atoms with E-state index in [9.17, 15) is 4.79 Å². The van der Waals surface area contributed by atoms with E-state index in [2.05, 4.69) is 0 Å². The van der Waals surface area contributed by atoms with Crippen molar-refractivity contribution < 1.29 is 15.0 Å². The monoisotopic (exact) mass is 178 g/mol. The number of carbonyl (C=O) groups excluding carboxylic acids is 1. The molecule has 3 heteroatoms. The summed E-state index contributed by atoms with van der Waals surface area (Å²) in [4.78, 5) is 9.44. The van der Waals surface area contributed by atoms with Crippen LogP contribution in [-0.4, -0.2) is 28.2 Å². The maximum Gasteiger partial charge on any atom is 0.126 e. The summed E-state index contributed by atoms with van der Waals surface area (Å²) >= 11 is 0. The van der Waals surface area contributed by atoms with Crippen LogP contribution in [0.4, 0.5) is 0 Å². The van der Waals surface area contributed by atoms with Crippen LogP contribution in [0.15, 0.2) is 0 Å². The van der Waals surface area contributed by atoms with Crippen LogP contribution in [0.25, 0.3) is 0 Å². The zero-order chi connectivity index (χ0) is 10.7. The van der Waals surface area contributed by atoms with Crippen molar-refractivity contribution in [1.29, 1.82) is 0 Å². The molecule has 0 atom stereocenters. The van der Waals surface area contributed by atoms with Gasteiger partial charge in [0, 0.05) is 12.2 Å². The van der Waals surface area contributed by atoms with Crippen molar-refractivity contribution in [3.63, 3.8) is 0 Å². The molecule has 0 spiro atoms. The van der Waals surface area contributed by atoms with Gasteiger partial charge in [0.2, 0.25) is 0 Å². The van der Waals surface area contributed by atoms with E-state index in [1.54, 1.807) is 27.7 Å². The normalized spacial score (nSPS) is 8.17. The molecule has 0 saturated carbocycles. The number of rotatable bonds is 0. The summed E-state index contributed by atoms with van der Waals surface area (Å²) in [6.07, 6.45) is -0.333. The van der Waals surface area contributed by atoms with E-state index >= 15 is 0 Å². The lowest BCUT2D eigenvalue weighted by Crippen LogP contribution is -1.85. The van der Waals surface area contributed by atoms with Crippen LogP contribution in [0.5, 0.6) is 0 Å². The lowest BCUT2D eigenvalue weighted by Gasteiger charge is -1.80. The Bertz CT molecular complexity index is 72.3. The Morgan fingerprint density at radius 3 is 0.917 bits per heavy atom. The minimum atomic E-state index is -0.167. The highest BCUT2D eigenvalue weighted by Crippen LogP contribution is 1.65. The molecule has 0 aliphatic rings. The number of ketones is 1. The molecule has 0 aromatic rings. The van der Waals surface area contributed by atoms with Gasteiger partial charge in [0.05, 0.1) is 0 Å². The Labute approximate surface area is 75.4 Å². The van der Waals surface area contributed by atoms with E-state index in [0.717, 1.165) is 0 Å². The number of Topliss-reactive ketones (excluding diaryl/α,β-unsaturated/α-hetero) is 1. The second-order valence-electron chi connectivity index (χ2n) is 3.10. The second-order valence-corrected chi connectivity index (χ2v) is 3.10. The van der Waals surface area contributed by atoms with Gasteiger partial charge < -0.3 is 15.0 Å². The summed E-state index contributed by atoms with van der Waals surface area (Å²) in [5.41, 5.74) is 0. The third kappa shape index (κ3) is 4210. The van der Waals surface area contributed by atoms with Gasteiger partial charge in [-0.2, -0.15) is 0 Å². The molecule has 12 heavy (non-hydrogen) atoms. The van der Waals surface area contributed by atoms with E-state index in [-0.39, 0.29) is 18.0 Å². The van der Waals surface area contributed by atoms with Crippen molar-refractivity contribution in [2.75, 3.05) is 0 Å². The first-order chi connectivity index (χ1) is 5.20. The number of carbonyl (C=O) groups is 1. The van der Waals surface area contributed by atoms with Crippen molar-refractivity contribution >= 4 is 5.78 Å². The van der Waals surface area contributed by atoms with Gasteiger partial charge >= 0.3 is 0 Å². The molecule has 0 aromatic heterocycles. The van der Waals surface area contributed by atoms with E-state index < -0.39 is 0 Å². The first kappa shape index (κ1) is 17.6. The number of aliphatic hydroxyl groups excluding tert-OH is 2. The van der Waals surface area contributed by atoms with Gasteiger partial charge in [-0.05, 0) is 41.5 Å². The first-order valence-electron chi connectivity index (χ1n) is 4.03. The smallest absolute Gasteiger partial charge is 0.126 e. The maximum absolute atomic E-state index is 9.44. The average molecular weight is 178 g/mol. The van der Waals surface area contributed by atoms with Gasteiger partial charge in [0.25, 0.3) is 0 Å². The minimum Gasteiger partial charge on any atom is -0.394 e. The van der Waals surface area contributed by atoms with Gasteiger partial charge in [-0.3, -0.25) is 0 Å². The molecule has 0 saturated heterocycles. The maximum atomic E-state index is 9.44. The summed E-state index contributed by atoms with van der Waals surface area (Å²) in [7, 11) is 0. The summed E-state index contributed by atoms with van der Waals surface area (Å²) in [5, 5.41) is 16.1. The standard InChI is InChI=1S/2C3H8O.C3H6O/c3*1-3(2)4/h2*3-4H,1-2H3;1-2H3. The molecule has 0 amide bonds. The highest BCUT2D eigenvalue weighted by atomic mass is 16.3. The van der Waals surface area contributed by atoms with Gasteiger partial charge in [-0.15, -0.1) is 0 Å². The van der Waals surface area contributed by atoms with Crippen LogP contribution >= 0.6 is 0 Å². The van der Waals surface area contributed by atoms with Crippen molar-refractivity contribution in [3.05, 3.63) is 0 Å². The predicted octanol–water partition coefficient (Wildman–Crippen LogP) is 1.37. The zero-order valence-corrected chi connectivity index (χ0v) is 8.96. The van der Waals surface area contributed by atoms with Crippen LogP contribution in [0.3, 0.4) is 0 Å². The molecular formula is C9H22O3. The minimum absolute atomic E-state index is 0.167. The number of hydrogen-bond acceptors (Lipinski definition) is 3. The molecule has 0 rings (SSSR count). The summed E-state index contributed by atoms with van der Waals surface area (Å²) in [5.74, 6) is 0.167. The molecule has 2 N–H and O–H groups in total. The molecular weight excluding hydrogens is 156 g/mol. The van der Waals surface area contributed by atoms with Gasteiger partial charge in [0.1, 0.15) is 5.78 Å². The lowest BCUT2D eigenvalue weighted by atomic mass is 10.5. The van der Waals surface area contributed by atoms with E-state index in [1.165, 1.54) is 13.8 Å². The third-order valence-electron chi connectivity index (χ3n) is 0. The fourth-order valence-electron chi connectivity index (χ4n) is 0. The van der Waals surface area contributed by atoms with Crippen LogP contribution in [0.1, 0.15) is 41.5 Å². The van der Waals surface area contributed by atoms with Crippen molar-refractivity contribution in [2.24, 2.45) is 0 Å². The average Bonchev–Trinajstić information content (AvgIpc) is 1.54. The summed E-state index contributed by atoms with van der Waals surface area (Å²) < 4.78 is 0. The molecule has 0 unspecified atom stereocenters. The van der Waals surface area contributed by atoms with Crippen molar-refractivity contribution in [1.82, 2.24) is 0 Å². The van der Waals surface area contributed by atoms with Crippen molar-refractivity contribution in [2.45, 2.75) is 53.8 Å². The quantitative estimate of drug-likeness (QED) is 0.589. The van der Waals surface area contributed by atoms with E-state index in [1.807, 2.05) is 0 Å². The largest absolute Gasteiger partial charge is 0.394 e. The topological polar surface area (TPSA) is 57.5 Å². The Morgan fingerprint density at radius 2 is 0.917 bits per heavy atom. The first-order valence-corrected chi connectivity index (χ1v) is 4.03. The van der Waals surface area contributed by atoms with Gasteiger partial charge in [0.15, 0.2) is 0 Å². The highest BCUT2D eigenvalue weighted by Gasteiger charge is 1.69. The fourth-order valence-corrected chi connectivity index (χ4v) is 0. The van der Waals surface area contributed by atoms with E-state index in [0.29, 0.717) is 0 Å². The number of hydrogen-bond donors (Lipinski definition) is 2. The van der Waals surface area contributed by atoms with Crippen LogP contribution in [-0.2, 0) is 4.79 Å². The van der Waals surface area contributed by atoms with Crippen LogP contribution < -0.4 is 0 Å². The van der Waals surface area contributed by atoms with Crippen LogP contribution in [0, 0.1) is 0 Å². The molecule has 0 aromatic carbocycles. The number of aliphatic hydroxyl groups is 2. The third-order valence-corrected chi connectivity index (χ3v) is 0. The highest BCUT2D eigenvalue weighted by molar-refractivity contribution is 5.72. The van der Waals surface area contributed by atoms with Gasteiger partial charge in [-0.1, -0.05) is 0 Å². The second kappa shape index (κ2) is 13.2. The zero-order valence-electron chi connectivity index (χ0n) is 8.96. The Morgan fingerprint density at radius 1 is 0.917 bits per heavy atom. The molecule has 0 fully saturated rings. The SMILES string of the molecule is CC(C)=O.CC(C)O.CC(C)O. The summed E-state index contributed by atoms with van der Waals surface area (Å²) in [6.45, 7) is 9.94.